The van der Waals surface area contributed by atoms with Crippen LogP contribution in [0, 0.1) is 0 Å². The van der Waals surface area contributed by atoms with Crippen molar-refractivity contribution in [2.24, 2.45) is 0 Å². The molecule has 0 amide bonds. The van der Waals surface area contributed by atoms with E-state index in [-0.39, 0.29) is 18.4 Å². The molecule has 0 radical (unpaired) electrons. The van der Waals surface area contributed by atoms with Gasteiger partial charge in [-0.05, 0) is 18.6 Å². The van der Waals surface area contributed by atoms with Crippen molar-refractivity contribution in [1.29, 1.82) is 0 Å². The lowest BCUT2D eigenvalue weighted by molar-refractivity contribution is -0.139. The summed E-state index contributed by atoms with van der Waals surface area (Å²) in [5.41, 5.74) is 1.62. The van der Waals surface area contributed by atoms with Gasteiger partial charge in [-0.3, -0.25) is 4.79 Å². The highest BCUT2D eigenvalue weighted by atomic mass is 35.5. The van der Waals surface area contributed by atoms with E-state index in [1.807, 2.05) is 24.4 Å². The first-order valence-corrected chi connectivity index (χ1v) is 6.65. The van der Waals surface area contributed by atoms with Gasteiger partial charge >= 0.3 is 5.97 Å². The second-order valence-electron chi connectivity index (χ2n) is 4.78. The van der Waals surface area contributed by atoms with Gasteiger partial charge in [-0.2, -0.15) is 0 Å². The molecule has 112 valence electrons. The zero-order valence-electron chi connectivity index (χ0n) is 10.9. The second-order valence-corrected chi connectivity index (χ2v) is 5.22. The smallest absolute Gasteiger partial charge is 0.320 e. The maximum absolute atomic E-state index is 10.9. The normalized spacial score (nSPS) is 21.0. The highest BCUT2D eigenvalue weighted by Gasteiger charge is 2.30. The van der Waals surface area contributed by atoms with E-state index in [2.05, 4.69) is 15.6 Å². The topological polar surface area (TPSA) is 80.0 Å². The summed E-state index contributed by atoms with van der Waals surface area (Å²) in [5.74, 6) is -0.831. The number of nitrogens with one attached hydrogen (secondary N) is 1. The van der Waals surface area contributed by atoms with Crippen LogP contribution in [0.15, 0.2) is 30.5 Å². The summed E-state index contributed by atoms with van der Waals surface area (Å²) in [6, 6.07) is 6.88. The Labute approximate surface area is 132 Å². The molecule has 0 unspecified atom stereocenters. The molecule has 0 saturated carbocycles. The lowest BCUT2D eigenvalue weighted by Gasteiger charge is -2.07. The monoisotopic (exact) mass is 328 g/mol. The first-order valence-electron chi connectivity index (χ1n) is 6.27. The Morgan fingerprint density at radius 2 is 2.29 bits per heavy atom. The molecule has 8 heteroatoms. The van der Waals surface area contributed by atoms with Crippen molar-refractivity contribution >= 4 is 30.0 Å². The number of hydrogen-bond acceptors (Lipinski definition) is 4. The molecule has 1 saturated heterocycles. The molecule has 2 N–H and O–H groups in total. The van der Waals surface area contributed by atoms with Crippen LogP contribution in [0.1, 0.15) is 12.5 Å². The van der Waals surface area contributed by atoms with Crippen LogP contribution in [0.2, 0.25) is 5.02 Å². The number of nitrogens with zero attached hydrogens (tertiary/aromatic N) is 3. The zero-order chi connectivity index (χ0) is 14.1. The summed E-state index contributed by atoms with van der Waals surface area (Å²) in [6.45, 7) is 0.579. The summed E-state index contributed by atoms with van der Waals surface area (Å²) >= 11 is 5.95. The SMILES string of the molecule is Cl.O=C(O)[C@@H]1C[C@H](n2cc(-c3cccc(Cl)c3)nn2)CN1. The van der Waals surface area contributed by atoms with E-state index in [0.717, 1.165) is 11.3 Å². The second kappa shape index (κ2) is 6.43. The molecule has 2 aromatic rings. The number of aliphatic carboxylic acids is 1. The summed E-state index contributed by atoms with van der Waals surface area (Å²) in [7, 11) is 0. The van der Waals surface area contributed by atoms with E-state index in [9.17, 15) is 4.79 Å². The fourth-order valence-electron chi connectivity index (χ4n) is 2.34. The van der Waals surface area contributed by atoms with Crippen LogP contribution in [-0.2, 0) is 4.79 Å². The molecular weight excluding hydrogens is 315 g/mol. The van der Waals surface area contributed by atoms with Crippen LogP contribution >= 0.6 is 24.0 Å². The van der Waals surface area contributed by atoms with E-state index in [0.29, 0.717) is 18.0 Å². The summed E-state index contributed by atoms with van der Waals surface area (Å²) in [6.07, 6.45) is 2.33. The van der Waals surface area contributed by atoms with Crippen molar-refractivity contribution in [2.45, 2.75) is 18.5 Å². The fourth-order valence-corrected chi connectivity index (χ4v) is 2.53. The average molecular weight is 329 g/mol. The molecule has 2 atom stereocenters. The number of benzene rings is 1. The third kappa shape index (κ3) is 3.34. The first-order chi connectivity index (χ1) is 9.63. The third-order valence-corrected chi connectivity index (χ3v) is 3.65. The molecule has 2 heterocycles. The van der Waals surface area contributed by atoms with Crippen LogP contribution in [-0.4, -0.2) is 38.7 Å². The molecule has 1 aromatic heterocycles. The number of aromatic nitrogens is 3. The van der Waals surface area contributed by atoms with Gasteiger partial charge in [0.15, 0.2) is 0 Å². The van der Waals surface area contributed by atoms with Crippen LogP contribution in [0.5, 0.6) is 0 Å². The van der Waals surface area contributed by atoms with Gasteiger partial charge in [0.25, 0.3) is 0 Å². The van der Waals surface area contributed by atoms with Gasteiger partial charge in [0, 0.05) is 17.1 Å². The predicted octanol–water partition coefficient (Wildman–Crippen LogP) is 2.01. The molecule has 6 nitrogen and oxygen atoms in total. The van der Waals surface area contributed by atoms with Gasteiger partial charge in [-0.25, -0.2) is 4.68 Å². The Morgan fingerprint density at radius 1 is 1.48 bits per heavy atom. The lowest BCUT2D eigenvalue weighted by atomic mass is 10.1. The number of carboxylic acid groups (broad SMARTS) is 1. The quantitative estimate of drug-likeness (QED) is 0.900. The summed E-state index contributed by atoms with van der Waals surface area (Å²) < 4.78 is 1.71. The Morgan fingerprint density at radius 3 is 2.95 bits per heavy atom. The predicted molar refractivity (Wildman–Crippen MR) is 80.8 cm³/mol. The van der Waals surface area contributed by atoms with Crippen molar-refractivity contribution in [3.8, 4) is 11.3 Å². The number of hydrogen-bond donors (Lipinski definition) is 2. The minimum atomic E-state index is -0.831. The van der Waals surface area contributed by atoms with Crippen LogP contribution in [0.25, 0.3) is 11.3 Å². The molecule has 1 aliphatic heterocycles. The van der Waals surface area contributed by atoms with Gasteiger partial charge in [0.05, 0.1) is 12.2 Å². The Kier molecular flexibility index (Phi) is 4.82. The molecular formula is C13H14Cl2N4O2. The van der Waals surface area contributed by atoms with E-state index in [1.165, 1.54) is 0 Å². The summed E-state index contributed by atoms with van der Waals surface area (Å²) in [4.78, 5) is 10.9. The minimum absolute atomic E-state index is 0. The maximum Gasteiger partial charge on any atom is 0.320 e. The number of carboxylic acids is 1. The van der Waals surface area contributed by atoms with Crippen molar-refractivity contribution in [1.82, 2.24) is 20.3 Å². The van der Waals surface area contributed by atoms with Gasteiger partial charge in [0.2, 0.25) is 0 Å². The van der Waals surface area contributed by atoms with E-state index >= 15 is 0 Å². The van der Waals surface area contributed by atoms with Crippen molar-refractivity contribution in [2.75, 3.05) is 6.54 Å². The van der Waals surface area contributed by atoms with E-state index in [1.54, 1.807) is 10.7 Å². The van der Waals surface area contributed by atoms with Gasteiger partial charge in [-0.15, -0.1) is 17.5 Å². The van der Waals surface area contributed by atoms with Gasteiger partial charge in [0.1, 0.15) is 11.7 Å². The standard InChI is InChI=1S/C13H13ClN4O2.ClH/c14-9-3-1-2-8(4-9)12-7-18(17-16-12)10-5-11(13(19)20)15-6-10;/h1-4,7,10-11,15H,5-6H2,(H,19,20);1H/t10-,11-;/m0./s1. The first kappa shape index (κ1) is 15.8. The average Bonchev–Trinajstić information content (AvgIpc) is 3.08. The Balaban J connectivity index is 0.00000161. The molecule has 0 bridgehead atoms. The number of halogens is 2. The van der Waals surface area contributed by atoms with Gasteiger partial charge in [-0.1, -0.05) is 28.9 Å². The third-order valence-electron chi connectivity index (χ3n) is 3.41. The summed E-state index contributed by atoms with van der Waals surface area (Å²) in [5, 5.41) is 20.8. The van der Waals surface area contributed by atoms with Crippen molar-refractivity contribution in [3.05, 3.63) is 35.5 Å². The minimum Gasteiger partial charge on any atom is -0.480 e. The van der Waals surface area contributed by atoms with Crippen LogP contribution in [0.4, 0.5) is 0 Å². The lowest BCUT2D eigenvalue weighted by Crippen LogP contribution is -2.29. The molecule has 21 heavy (non-hydrogen) atoms. The van der Waals surface area contributed by atoms with Crippen LogP contribution < -0.4 is 5.32 Å². The van der Waals surface area contributed by atoms with Gasteiger partial charge < -0.3 is 10.4 Å². The van der Waals surface area contributed by atoms with E-state index < -0.39 is 12.0 Å². The Bertz CT molecular complexity index is 647. The molecule has 3 rings (SSSR count). The molecule has 0 spiro atoms. The molecule has 0 aliphatic carbocycles. The highest BCUT2D eigenvalue weighted by molar-refractivity contribution is 6.30. The Hall–Kier alpha value is -1.63. The van der Waals surface area contributed by atoms with Crippen molar-refractivity contribution in [3.63, 3.8) is 0 Å². The maximum atomic E-state index is 10.9. The largest absolute Gasteiger partial charge is 0.480 e. The number of carbonyl (C=O) groups is 1. The molecule has 1 aromatic carbocycles. The molecule has 1 fully saturated rings. The highest BCUT2D eigenvalue weighted by Crippen LogP contribution is 2.24. The van der Waals surface area contributed by atoms with E-state index in [4.69, 9.17) is 16.7 Å². The molecule has 1 aliphatic rings. The number of rotatable bonds is 3. The fraction of sp³-hybridized carbons (Fsp3) is 0.308. The zero-order valence-corrected chi connectivity index (χ0v) is 12.5. The van der Waals surface area contributed by atoms with Crippen molar-refractivity contribution < 1.29 is 9.90 Å². The van der Waals surface area contributed by atoms with Crippen LogP contribution in [0.3, 0.4) is 0 Å².